The molecule has 1 heterocycles. The summed E-state index contributed by atoms with van der Waals surface area (Å²) in [4.78, 5) is 4.34. The van der Waals surface area contributed by atoms with Crippen LogP contribution in [-0.2, 0) is 6.54 Å². The van der Waals surface area contributed by atoms with E-state index in [1.54, 1.807) is 0 Å². The first-order valence-electron chi connectivity index (χ1n) is 6.56. The third-order valence-electron chi connectivity index (χ3n) is 3.36. The number of hydrogen-bond donors (Lipinski definition) is 1. The molecule has 3 rings (SSSR count). The first-order chi connectivity index (χ1) is 9.79. The summed E-state index contributed by atoms with van der Waals surface area (Å²) in [6.07, 6.45) is 3.78. The Labute approximate surface area is 123 Å². The Morgan fingerprint density at radius 2 is 1.85 bits per heavy atom. The monoisotopic (exact) mass is 282 g/mol. The van der Waals surface area contributed by atoms with E-state index in [9.17, 15) is 0 Å². The third-order valence-corrected chi connectivity index (χ3v) is 3.69. The smallest absolute Gasteiger partial charge is 0.0484 e. The number of rotatable bonds is 3. The summed E-state index contributed by atoms with van der Waals surface area (Å²) < 4.78 is 0. The standard InChI is InChI=1S/C17H15ClN2/c1-19-9-12-8-13(11-20-10-12)14-6-7-17(18)16-5-3-2-4-15(14)16/h2-8,10-11,19H,9H2,1H3. The van der Waals surface area contributed by atoms with E-state index in [4.69, 9.17) is 11.6 Å². The van der Waals surface area contributed by atoms with Gasteiger partial charge in [-0.15, -0.1) is 0 Å². The van der Waals surface area contributed by atoms with E-state index in [0.29, 0.717) is 0 Å². The van der Waals surface area contributed by atoms with Gasteiger partial charge in [-0.3, -0.25) is 4.98 Å². The maximum Gasteiger partial charge on any atom is 0.0484 e. The second kappa shape index (κ2) is 5.61. The molecule has 1 N–H and O–H groups in total. The molecule has 0 fully saturated rings. The van der Waals surface area contributed by atoms with Crippen LogP contribution in [0.1, 0.15) is 5.56 Å². The summed E-state index contributed by atoms with van der Waals surface area (Å²) in [5, 5.41) is 6.16. The molecule has 0 aliphatic heterocycles. The predicted molar refractivity (Wildman–Crippen MR) is 85.0 cm³/mol. The topological polar surface area (TPSA) is 24.9 Å². The lowest BCUT2D eigenvalue weighted by Crippen LogP contribution is -2.05. The maximum atomic E-state index is 6.27. The van der Waals surface area contributed by atoms with Gasteiger partial charge < -0.3 is 5.32 Å². The molecule has 0 amide bonds. The Morgan fingerprint density at radius 1 is 1.05 bits per heavy atom. The number of fused-ring (bicyclic) bond motifs is 1. The van der Waals surface area contributed by atoms with Gasteiger partial charge in [-0.05, 0) is 35.7 Å². The van der Waals surface area contributed by atoms with Crippen molar-refractivity contribution < 1.29 is 0 Å². The molecule has 0 radical (unpaired) electrons. The van der Waals surface area contributed by atoms with E-state index in [-0.39, 0.29) is 0 Å². The van der Waals surface area contributed by atoms with Crippen molar-refractivity contribution in [2.24, 2.45) is 0 Å². The van der Waals surface area contributed by atoms with Crippen LogP contribution >= 0.6 is 11.6 Å². The van der Waals surface area contributed by atoms with Gasteiger partial charge in [-0.25, -0.2) is 0 Å². The molecule has 2 aromatic carbocycles. The predicted octanol–water partition coefficient (Wildman–Crippen LogP) is 4.27. The molecule has 0 atom stereocenters. The van der Waals surface area contributed by atoms with Crippen LogP contribution in [0.4, 0.5) is 0 Å². The molecule has 20 heavy (non-hydrogen) atoms. The Kier molecular flexibility index (Phi) is 3.68. The summed E-state index contributed by atoms with van der Waals surface area (Å²) in [7, 11) is 1.93. The van der Waals surface area contributed by atoms with E-state index in [1.165, 1.54) is 5.56 Å². The Bertz CT molecular complexity index is 753. The van der Waals surface area contributed by atoms with E-state index >= 15 is 0 Å². The largest absolute Gasteiger partial charge is 0.316 e. The van der Waals surface area contributed by atoms with Crippen LogP contribution in [0, 0.1) is 0 Å². The van der Waals surface area contributed by atoms with Crippen LogP contribution in [0.5, 0.6) is 0 Å². The lowest BCUT2D eigenvalue weighted by atomic mass is 9.98. The van der Waals surface area contributed by atoms with Crippen LogP contribution in [0.2, 0.25) is 5.02 Å². The van der Waals surface area contributed by atoms with Crippen molar-refractivity contribution in [1.82, 2.24) is 10.3 Å². The molecule has 3 aromatic rings. The van der Waals surface area contributed by atoms with Crippen LogP contribution in [-0.4, -0.2) is 12.0 Å². The molecule has 2 nitrogen and oxygen atoms in total. The number of hydrogen-bond acceptors (Lipinski definition) is 2. The average Bonchev–Trinajstić information content (AvgIpc) is 2.49. The van der Waals surface area contributed by atoms with Crippen molar-refractivity contribution in [2.45, 2.75) is 6.54 Å². The number of nitrogens with one attached hydrogen (secondary N) is 1. The Morgan fingerprint density at radius 3 is 2.65 bits per heavy atom. The van der Waals surface area contributed by atoms with Gasteiger partial charge >= 0.3 is 0 Å². The number of benzene rings is 2. The first kappa shape index (κ1) is 13.1. The lowest BCUT2D eigenvalue weighted by Gasteiger charge is -2.09. The highest BCUT2D eigenvalue weighted by atomic mass is 35.5. The molecule has 0 aliphatic carbocycles. The molecule has 0 aliphatic rings. The molecule has 1 aromatic heterocycles. The summed E-state index contributed by atoms with van der Waals surface area (Å²) >= 11 is 6.27. The van der Waals surface area contributed by atoms with Crippen molar-refractivity contribution in [2.75, 3.05) is 7.05 Å². The fraction of sp³-hybridized carbons (Fsp3) is 0.118. The van der Waals surface area contributed by atoms with Gasteiger partial charge in [0.1, 0.15) is 0 Å². The highest BCUT2D eigenvalue weighted by Gasteiger charge is 2.07. The summed E-state index contributed by atoms with van der Waals surface area (Å²) in [5.74, 6) is 0. The zero-order chi connectivity index (χ0) is 13.9. The minimum absolute atomic E-state index is 0.781. The van der Waals surface area contributed by atoms with Crippen LogP contribution in [0.25, 0.3) is 21.9 Å². The highest BCUT2D eigenvalue weighted by Crippen LogP contribution is 2.32. The second-order valence-corrected chi connectivity index (χ2v) is 5.16. The van der Waals surface area contributed by atoms with Crippen molar-refractivity contribution in [3.05, 3.63) is 65.4 Å². The van der Waals surface area contributed by atoms with Crippen molar-refractivity contribution >= 4 is 22.4 Å². The highest BCUT2D eigenvalue weighted by molar-refractivity contribution is 6.36. The second-order valence-electron chi connectivity index (χ2n) is 4.75. The minimum Gasteiger partial charge on any atom is -0.316 e. The Balaban J connectivity index is 2.19. The molecule has 0 saturated carbocycles. The summed E-state index contributed by atoms with van der Waals surface area (Å²) in [5.41, 5.74) is 3.45. The quantitative estimate of drug-likeness (QED) is 0.776. The lowest BCUT2D eigenvalue weighted by molar-refractivity contribution is 0.814. The third kappa shape index (κ3) is 2.40. The van der Waals surface area contributed by atoms with Gasteiger partial charge in [0.25, 0.3) is 0 Å². The normalized spacial score (nSPS) is 10.9. The molecule has 0 bridgehead atoms. The first-order valence-corrected chi connectivity index (χ1v) is 6.93. The van der Waals surface area contributed by atoms with Crippen molar-refractivity contribution in [1.29, 1.82) is 0 Å². The van der Waals surface area contributed by atoms with Gasteiger partial charge in [-0.2, -0.15) is 0 Å². The van der Waals surface area contributed by atoms with Gasteiger partial charge in [0.05, 0.1) is 0 Å². The molecular weight excluding hydrogens is 268 g/mol. The number of pyridine rings is 1. The number of nitrogens with zero attached hydrogens (tertiary/aromatic N) is 1. The number of aromatic nitrogens is 1. The van der Waals surface area contributed by atoms with Gasteiger partial charge in [0.15, 0.2) is 0 Å². The van der Waals surface area contributed by atoms with Gasteiger partial charge in [0.2, 0.25) is 0 Å². The molecule has 100 valence electrons. The maximum absolute atomic E-state index is 6.27. The van der Waals surface area contributed by atoms with Crippen LogP contribution in [0.3, 0.4) is 0 Å². The van der Waals surface area contributed by atoms with Gasteiger partial charge in [0, 0.05) is 34.9 Å². The van der Waals surface area contributed by atoms with E-state index in [2.05, 4.69) is 28.5 Å². The van der Waals surface area contributed by atoms with Crippen molar-refractivity contribution in [3.8, 4) is 11.1 Å². The Hall–Kier alpha value is -1.90. The molecule has 3 heteroatoms. The van der Waals surface area contributed by atoms with E-state index in [1.807, 2.05) is 43.7 Å². The molecule has 0 spiro atoms. The zero-order valence-electron chi connectivity index (χ0n) is 11.2. The number of halogens is 1. The SMILES string of the molecule is CNCc1cncc(-c2ccc(Cl)c3ccccc23)c1. The molecular formula is C17H15ClN2. The summed E-state index contributed by atoms with van der Waals surface area (Å²) in [6, 6.07) is 14.4. The van der Waals surface area contributed by atoms with Crippen molar-refractivity contribution in [3.63, 3.8) is 0 Å². The van der Waals surface area contributed by atoms with Crippen LogP contribution in [0.15, 0.2) is 54.9 Å². The average molecular weight is 283 g/mol. The fourth-order valence-electron chi connectivity index (χ4n) is 2.45. The van der Waals surface area contributed by atoms with Crippen LogP contribution < -0.4 is 5.32 Å². The zero-order valence-corrected chi connectivity index (χ0v) is 12.0. The minimum atomic E-state index is 0.781. The van der Waals surface area contributed by atoms with Gasteiger partial charge in [-0.1, -0.05) is 41.9 Å². The molecule has 0 saturated heterocycles. The van der Waals surface area contributed by atoms with E-state index in [0.717, 1.165) is 33.5 Å². The van der Waals surface area contributed by atoms with E-state index < -0.39 is 0 Å². The fourth-order valence-corrected chi connectivity index (χ4v) is 2.68. The summed E-state index contributed by atoms with van der Waals surface area (Å²) in [6.45, 7) is 0.812. The molecule has 0 unspecified atom stereocenters.